The average Bonchev–Trinajstić information content (AvgIpc) is 3.04. The van der Waals surface area contributed by atoms with Crippen molar-refractivity contribution in [2.24, 2.45) is 5.92 Å². The molecule has 25 heavy (non-hydrogen) atoms. The van der Waals surface area contributed by atoms with Gasteiger partial charge in [-0.25, -0.2) is 9.50 Å². The third-order valence-corrected chi connectivity index (χ3v) is 4.88. The van der Waals surface area contributed by atoms with Crippen molar-refractivity contribution < 1.29 is 5.11 Å². The zero-order chi connectivity index (χ0) is 17.4. The second kappa shape index (κ2) is 6.10. The molecule has 0 aromatic carbocycles. The van der Waals surface area contributed by atoms with E-state index in [0.29, 0.717) is 11.1 Å². The molecule has 1 fully saturated rings. The fourth-order valence-corrected chi connectivity index (χ4v) is 3.38. The second-order valence-corrected chi connectivity index (χ2v) is 6.65. The molecule has 0 amide bonds. The molecule has 0 saturated carbocycles. The molecule has 3 aromatic heterocycles. The molecule has 6 nitrogen and oxygen atoms in total. The van der Waals surface area contributed by atoms with E-state index in [1.54, 1.807) is 12.3 Å². The van der Waals surface area contributed by atoms with Crippen LogP contribution in [0.2, 0.25) is 0 Å². The van der Waals surface area contributed by atoms with E-state index in [2.05, 4.69) is 28.0 Å². The van der Waals surface area contributed by atoms with Crippen LogP contribution < -0.4 is 4.90 Å². The van der Waals surface area contributed by atoms with Crippen LogP contribution in [-0.2, 0) is 0 Å². The molecule has 126 valence electrons. The predicted molar refractivity (Wildman–Crippen MR) is 95.4 cm³/mol. The Morgan fingerprint density at radius 3 is 2.72 bits per heavy atom. The third kappa shape index (κ3) is 2.78. The lowest BCUT2D eigenvalue weighted by atomic mass is 9.99. The van der Waals surface area contributed by atoms with Crippen molar-refractivity contribution in [3.05, 3.63) is 42.4 Å². The quantitative estimate of drug-likeness (QED) is 0.779. The minimum Gasteiger partial charge on any atom is -0.506 e. The highest BCUT2D eigenvalue weighted by Crippen LogP contribution is 2.31. The molecule has 0 bridgehead atoms. The van der Waals surface area contributed by atoms with E-state index >= 15 is 0 Å². The van der Waals surface area contributed by atoms with E-state index in [4.69, 9.17) is 0 Å². The Bertz CT molecular complexity index is 946. The van der Waals surface area contributed by atoms with Crippen molar-refractivity contribution in [2.75, 3.05) is 18.0 Å². The molecule has 6 heteroatoms. The van der Waals surface area contributed by atoms with Gasteiger partial charge >= 0.3 is 0 Å². The van der Waals surface area contributed by atoms with Crippen molar-refractivity contribution in [2.45, 2.75) is 19.8 Å². The third-order valence-electron chi connectivity index (χ3n) is 4.88. The highest BCUT2D eigenvalue weighted by Gasteiger charge is 2.18. The molecule has 0 unspecified atom stereocenters. The van der Waals surface area contributed by atoms with Crippen LogP contribution in [-0.4, -0.2) is 32.8 Å². The average molecular weight is 333 g/mol. The van der Waals surface area contributed by atoms with Crippen molar-refractivity contribution in [3.63, 3.8) is 0 Å². The lowest BCUT2D eigenvalue weighted by Crippen LogP contribution is -2.33. The van der Waals surface area contributed by atoms with E-state index in [1.807, 2.05) is 12.1 Å². The van der Waals surface area contributed by atoms with Gasteiger partial charge in [-0.05, 0) is 37.0 Å². The lowest BCUT2D eigenvalue weighted by molar-refractivity contribution is 0.436. The topological polar surface area (TPSA) is 77.5 Å². The molecule has 4 heterocycles. The van der Waals surface area contributed by atoms with Crippen molar-refractivity contribution in [1.82, 2.24) is 14.6 Å². The van der Waals surface area contributed by atoms with E-state index in [9.17, 15) is 10.4 Å². The van der Waals surface area contributed by atoms with Crippen LogP contribution in [0.25, 0.3) is 16.6 Å². The van der Waals surface area contributed by atoms with Gasteiger partial charge in [-0.2, -0.15) is 10.4 Å². The molecule has 4 rings (SSSR count). The first-order valence-corrected chi connectivity index (χ1v) is 8.47. The molecular formula is C19H19N5O. The number of nitriles is 1. The van der Waals surface area contributed by atoms with Crippen LogP contribution in [0.15, 0.2) is 36.8 Å². The highest BCUT2D eigenvalue weighted by atomic mass is 16.3. The summed E-state index contributed by atoms with van der Waals surface area (Å²) in [5.74, 6) is 1.85. The van der Waals surface area contributed by atoms with Crippen molar-refractivity contribution >= 4 is 11.3 Å². The molecule has 3 aromatic rings. The summed E-state index contributed by atoms with van der Waals surface area (Å²) in [7, 11) is 0. The highest BCUT2D eigenvalue weighted by molar-refractivity contribution is 5.85. The first kappa shape index (κ1) is 15.5. The van der Waals surface area contributed by atoms with Gasteiger partial charge in [0.05, 0.1) is 23.5 Å². The minimum absolute atomic E-state index is 0.101. The summed E-state index contributed by atoms with van der Waals surface area (Å²) in [5.41, 5.74) is 2.76. The summed E-state index contributed by atoms with van der Waals surface area (Å²) >= 11 is 0. The summed E-state index contributed by atoms with van der Waals surface area (Å²) in [6.45, 7) is 4.36. The van der Waals surface area contributed by atoms with Crippen molar-refractivity contribution in [3.8, 4) is 22.9 Å². The Labute approximate surface area is 146 Å². The zero-order valence-corrected chi connectivity index (χ0v) is 14.1. The number of aromatic nitrogens is 3. The van der Waals surface area contributed by atoms with E-state index in [0.717, 1.165) is 36.0 Å². The zero-order valence-electron chi connectivity index (χ0n) is 14.1. The van der Waals surface area contributed by atoms with Gasteiger partial charge in [-0.3, -0.25) is 0 Å². The monoisotopic (exact) mass is 333 g/mol. The van der Waals surface area contributed by atoms with Gasteiger partial charge in [0.1, 0.15) is 17.6 Å². The lowest BCUT2D eigenvalue weighted by Gasteiger charge is -2.31. The number of fused-ring (bicyclic) bond motifs is 1. The SMILES string of the molecule is CC1CCN(c2ccc(-c3cc(O)cn4ncc(C#N)c34)cn2)CC1. The van der Waals surface area contributed by atoms with Gasteiger partial charge in [-0.15, -0.1) is 0 Å². The van der Waals surface area contributed by atoms with Crippen LogP contribution in [0.4, 0.5) is 5.82 Å². The number of hydrogen-bond acceptors (Lipinski definition) is 5. The fourth-order valence-electron chi connectivity index (χ4n) is 3.38. The van der Waals surface area contributed by atoms with Gasteiger partial charge in [0, 0.05) is 30.4 Å². The first-order valence-electron chi connectivity index (χ1n) is 8.47. The predicted octanol–water partition coefficient (Wildman–Crippen LogP) is 3.21. The fraction of sp³-hybridized carbons (Fsp3) is 0.316. The molecule has 0 spiro atoms. The van der Waals surface area contributed by atoms with Gasteiger partial charge in [0.15, 0.2) is 0 Å². The molecule has 1 saturated heterocycles. The number of nitrogens with zero attached hydrogens (tertiary/aromatic N) is 5. The summed E-state index contributed by atoms with van der Waals surface area (Å²) in [6, 6.07) is 7.80. The Kier molecular flexibility index (Phi) is 3.77. The number of anilines is 1. The Hall–Kier alpha value is -3.07. The molecule has 0 radical (unpaired) electrons. The minimum atomic E-state index is 0.101. The number of piperidine rings is 1. The van der Waals surface area contributed by atoms with Crippen molar-refractivity contribution in [1.29, 1.82) is 5.26 Å². The maximum atomic E-state index is 9.97. The number of aromatic hydroxyl groups is 1. The summed E-state index contributed by atoms with van der Waals surface area (Å²) in [4.78, 5) is 6.92. The van der Waals surface area contributed by atoms with Crippen LogP contribution in [0.1, 0.15) is 25.3 Å². The largest absolute Gasteiger partial charge is 0.506 e. The summed E-state index contributed by atoms with van der Waals surface area (Å²) in [6.07, 6.45) is 7.19. The smallest absolute Gasteiger partial charge is 0.134 e. The van der Waals surface area contributed by atoms with Crippen LogP contribution in [0, 0.1) is 17.2 Å². The van der Waals surface area contributed by atoms with Crippen LogP contribution in [0.5, 0.6) is 5.75 Å². The number of rotatable bonds is 2. The molecule has 0 aliphatic carbocycles. The first-order chi connectivity index (χ1) is 12.2. The van der Waals surface area contributed by atoms with Gasteiger partial charge in [-0.1, -0.05) is 6.92 Å². The number of hydrogen-bond donors (Lipinski definition) is 1. The maximum absolute atomic E-state index is 9.97. The standard InChI is InChI=1S/C19H19N5O/c1-13-4-6-23(7-5-13)18-3-2-14(10-21-18)17-8-16(25)12-24-19(17)15(9-20)11-22-24/h2-3,8,10-13,25H,4-7H2,1H3. The van der Waals surface area contributed by atoms with E-state index in [-0.39, 0.29) is 5.75 Å². The molecule has 0 atom stereocenters. The van der Waals surface area contributed by atoms with Gasteiger partial charge in [0.25, 0.3) is 0 Å². The molecule has 1 aliphatic rings. The Morgan fingerprint density at radius 1 is 1.24 bits per heavy atom. The van der Waals surface area contributed by atoms with E-state index in [1.165, 1.54) is 29.8 Å². The molecular weight excluding hydrogens is 314 g/mol. The normalized spacial score (nSPS) is 15.4. The number of pyridine rings is 2. The molecule has 1 aliphatic heterocycles. The van der Waals surface area contributed by atoms with E-state index < -0.39 is 0 Å². The Balaban J connectivity index is 1.72. The molecule has 1 N–H and O–H groups in total. The summed E-state index contributed by atoms with van der Waals surface area (Å²) in [5, 5.41) is 23.4. The second-order valence-electron chi connectivity index (χ2n) is 6.65. The Morgan fingerprint density at radius 2 is 2.04 bits per heavy atom. The maximum Gasteiger partial charge on any atom is 0.134 e. The van der Waals surface area contributed by atoms with Crippen LogP contribution >= 0.6 is 0 Å². The summed E-state index contributed by atoms with van der Waals surface area (Å²) < 4.78 is 1.53. The van der Waals surface area contributed by atoms with Crippen LogP contribution in [0.3, 0.4) is 0 Å². The van der Waals surface area contributed by atoms with Gasteiger partial charge < -0.3 is 10.0 Å². The van der Waals surface area contributed by atoms with Gasteiger partial charge in [0.2, 0.25) is 0 Å².